The molecule has 0 bridgehead atoms. The van der Waals surface area contributed by atoms with E-state index in [-0.39, 0.29) is 48.3 Å². The molecule has 1 heterocycles. The van der Waals surface area contributed by atoms with Crippen LogP contribution in [0, 0.1) is 11.8 Å². The molecule has 9 nitrogen and oxygen atoms in total. The van der Waals surface area contributed by atoms with Crippen LogP contribution in [0.25, 0.3) is 0 Å². The predicted molar refractivity (Wildman–Crippen MR) is 112 cm³/mol. The Balaban J connectivity index is 2.37. The molecule has 0 aliphatic carbocycles. The highest BCUT2D eigenvalue weighted by Gasteiger charge is 2.34. The summed E-state index contributed by atoms with van der Waals surface area (Å²) < 4.78 is 0. The minimum atomic E-state index is -0.726. The Kier molecular flexibility index (Phi) is 10.5. The standard InChI is InChI=1S/C21H36N4O5/c1-6-22-19(28)15(5)23-20(29)18(13(2)3)24-16(26)10-8-7-9-11-25-17(27)12-14(4)21(25)30/h13-15,18H,6-12H2,1-5H3,(H,22,28)(H,23,29)(H,24,26)/t14?,15-,18-/m0/s1. The molecule has 1 rings (SSSR count). The number of carbonyl (C=O) groups excluding carboxylic acids is 5. The maximum absolute atomic E-state index is 12.5. The lowest BCUT2D eigenvalue weighted by Crippen LogP contribution is -2.54. The van der Waals surface area contributed by atoms with Gasteiger partial charge in [-0.05, 0) is 32.6 Å². The number of unbranched alkanes of at least 4 members (excludes halogenated alkanes) is 2. The van der Waals surface area contributed by atoms with Gasteiger partial charge in [-0.15, -0.1) is 0 Å². The number of amides is 5. The van der Waals surface area contributed by atoms with Gasteiger partial charge in [0.25, 0.3) is 0 Å². The Bertz CT molecular complexity index is 649. The number of nitrogens with one attached hydrogen (secondary N) is 3. The monoisotopic (exact) mass is 424 g/mol. The number of imide groups is 1. The van der Waals surface area contributed by atoms with Gasteiger partial charge in [-0.25, -0.2) is 0 Å². The van der Waals surface area contributed by atoms with Gasteiger partial charge < -0.3 is 16.0 Å². The third-order valence-corrected chi connectivity index (χ3v) is 5.12. The average Bonchev–Trinajstić information content (AvgIpc) is 2.91. The fourth-order valence-electron chi connectivity index (χ4n) is 3.29. The van der Waals surface area contributed by atoms with E-state index in [1.807, 2.05) is 13.8 Å². The van der Waals surface area contributed by atoms with Crippen LogP contribution in [-0.4, -0.2) is 59.6 Å². The number of nitrogens with zero attached hydrogens (tertiary/aromatic N) is 1. The second-order valence-corrected chi connectivity index (χ2v) is 8.21. The number of likely N-dealkylation sites (N-methyl/N-ethyl adjacent to an activating group) is 1. The van der Waals surface area contributed by atoms with Crippen LogP contribution in [0.15, 0.2) is 0 Å². The molecule has 1 aliphatic heterocycles. The fraction of sp³-hybridized carbons (Fsp3) is 0.762. The Hall–Kier alpha value is -2.45. The minimum absolute atomic E-state index is 0.120. The van der Waals surface area contributed by atoms with Crippen molar-refractivity contribution in [2.24, 2.45) is 11.8 Å². The van der Waals surface area contributed by atoms with E-state index in [4.69, 9.17) is 0 Å². The van der Waals surface area contributed by atoms with Crippen molar-refractivity contribution in [3.05, 3.63) is 0 Å². The summed E-state index contributed by atoms with van der Waals surface area (Å²) in [5.41, 5.74) is 0. The van der Waals surface area contributed by atoms with Gasteiger partial charge >= 0.3 is 0 Å². The molecule has 170 valence electrons. The topological polar surface area (TPSA) is 125 Å². The fourth-order valence-corrected chi connectivity index (χ4v) is 3.29. The lowest BCUT2D eigenvalue weighted by molar-refractivity contribution is -0.139. The van der Waals surface area contributed by atoms with E-state index in [0.717, 1.165) is 0 Å². The zero-order chi connectivity index (χ0) is 22.8. The van der Waals surface area contributed by atoms with Gasteiger partial charge in [0.05, 0.1) is 0 Å². The summed E-state index contributed by atoms with van der Waals surface area (Å²) in [5, 5.41) is 8.02. The third-order valence-electron chi connectivity index (χ3n) is 5.12. The van der Waals surface area contributed by atoms with Crippen LogP contribution in [0.2, 0.25) is 0 Å². The molecule has 0 radical (unpaired) electrons. The highest BCUT2D eigenvalue weighted by Crippen LogP contribution is 2.19. The van der Waals surface area contributed by atoms with Crippen LogP contribution in [0.1, 0.15) is 66.7 Å². The first-order valence-corrected chi connectivity index (χ1v) is 10.8. The normalized spacial score (nSPS) is 18.3. The molecule has 1 saturated heterocycles. The molecular weight excluding hydrogens is 388 g/mol. The molecular formula is C21H36N4O5. The molecule has 1 aliphatic rings. The molecule has 1 unspecified atom stereocenters. The van der Waals surface area contributed by atoms with Crippen LogP contribution in [0.4, 0.5) is 0 Å². The highest BCUT2D eigenvalue weighted by atomic mass is 16.2. The number of likely N-dealkylation sites (tertiary alicyclic amines) is 1. The van der Waals surface area contributed by atoms with Crippen molar-refractivity contribution < 1.29 is 24.0 Å². The van der Waals surface area contributed by atoms with Gasteiger partial charge in [0.2, 0.25) is 29.5 Å². The van der Waals surface area contributed by atoms with E-state index in [0.29, 0.717) is 32.4 Å². The molecule has 3 atom stereocenters. The van der Waals surface area contributed by atoms with E-state index in [1.165, 1.54) is 4.90 Å². The lowest BCUT2D eigenvalue weighted by atomic mass is 10.0. The average molecular weight is 425 g/mol. The van der Waals surface area contributed by atoms with Crippen LogP contribution >= 0.6 is 0 Å². The Labute approximate surface area is 178 Å². The summed E-state index contributed by atoms with van der Waals surface area (Å²) in [5.74, 6) is -1.52. The smallest absolute Gasteiger partial charge is 0.243 e. The van der Waals surface area contributed by atoms with E-state index < -0.39 is 18.0 Å². The Morgan fingerprint density at radius 2 is 1.70 bits per heavy atom. The minimum Gasteiger partial charge on any atom is -0.355 e. The van der Waals surface area contributed by atoms with Crippen LogP contribution in [0.5, 0.6) is 0 Å². The molecule has 5 amide bonds. The molecule has 0 aromatic heterocycles. The second-order valence-electron chi connectivity index (χ2n) is 8.21. The van der Waals surface area contributed by atoms with Crippen molar-refractivity contribution in [3.63, 3.8) is 0 Å². The molecule has 0 saturated carbocycles. The van der Waals surface area contributed by atoms with Crippen molar-refractivity contribution in [3.8, 4) is 0 Å². The highest BCUT2D eigenvalue weighted by molar-refractivity contribution is 6.03. The number of hydrogen-bond donors (Lipinski definition) is 3. The van der Waals surface area contributed by atoms with Crippen LogP contribution < -0.4 is 16.0 Å². The number of carbonyl (C=O) groups is 5. The molecule has 3 N–H and O–H groups in total. The maximum Gasteiger partial charge on any atom is 0.243 e. The SMILES string of the molecule is CCNC(=O)[C@H](C)NC(=O)[C@@H](NC(=O)CCCCCN1C(=O)CC(C)C1=O)C(C)C. The van der Waals surface area contributed by atoms with E-state index >= 15 is 0 Å². The zero-order valence-corrected chi connectivity index (χ0v) is 18.7. The largest absolute Gasteiger partial charge is 0.355 e. The second kappa shape index (κ2) is 12.3. The van der Waals surface area contributed by atoms with Crippen LogP contribution in [0.3, 0.4) is 0 Å². The van der Waals surface area contributed by atoms with Gasteiger partial charge in [0.15, 0.2) is 0 Å². The van der Waals surface area contributed by atoms with E-state index in [2.05, 4.69) is 16.0 Å². The van der Waals surface area contributed by atoms with Crippen molar-refractivity contribution >= 4 is 29.5 Å². The van der Waals surface area contributed by atoms with Gasteiger partial charge in [0.1, 0.15) is 12.1 Å². The number of rotatable bonds is 12. The summed E-state index contributed by atoms with van der Waals surface area (Å²) in [6.45, 7) is 9.66. The number of hydrogen-bond acceptors (Lipinski definition) is 5. The van der Waals surface area contributed by atoms with E-state index in [1.54, 1.807) is 20.8 Å². The molecule has 0 spiro atoms. The van der Waals surface area contributed by atoms with Gasteiger partial charge in [-0.2, -0.15) is 0 Å². The molecule has 1 fully saturated rings. The Morgan fingerprint density at radius 3 is 2.23 bits per heavy atom. The Morgan fingerprint density at radius 1 is 1.03 bits per heavy atom. The maximum atomic E-state index is 12.5. The first kappa shape index (κ1) is 25.6. The third kappa shape index (κ3) is 7.76. The van der Waals surface area contributed by atoms with Gasteiger partial charge in [-0.1, -0.05) is 27.2 Å². The summed E-state index contributed by atoms with van der Waals surface area (Å²) in [6, 6.07) is -1.41. The summed E-state index contributed by atoms with van der Waals surface area (Å²) >= 11 is 0. The lowest BCUT2D eigenvalue weighted by Gasteiger charge is -2.23. The summed E-state index contributed by atoms with van der Waals surface area (Å²) in [4.78, 5) is 61.5. The first-order chi connectivity index (χ1) is 14.1. The first-order valence-electron chi connectivity index (χ1n) is 10.8. The predicted octanol–water partition coefficient (Wildman–Crippen LogP) is 0.723. The molecule has 9 heteroatoms. The van der Waals surface area contributed by atoms with Crippen molar-refractivity contribution in [1.82, 2.24) is 20.9 Å². The molecule has 30 heavy (non-hydrogen) atoms. The molecule has 0 aromatic carbocycles. The molecule has 0 aromatic rings. The van der Waals surface area contributed by atoms with Crippen molar-refractivity contribution in [2.75, 3.05) is 13.1 Å². The quantitative estimate of drug-likeness (QED) is 0.315. The summed E-state index contributed by atoms with van der Waals surface area (Å²) in [6.07, 6.45) is 2.47. The van der Waals surface area contributed by atoms with E-state index in [9.17, 15) is 24.0 Å². The van der Waals surface area contributed by atoms with Crippen molar-refractivity contribution in [2.45, 2.75) is 78.8 Å². The van der Waals surface area contributed by atoms with Gasteiger partial charge in [-0.3, -0.25) is 28.9 Å². The van der Waals surface area contributed by atoms with Crippen LogP contribution in [-0.2, 0) is 24.0 Å². The zero-order valence-electron chi connectivity index (χ0n) is 18.7. The van der Waals surface area contributed by atoms with Gasteiger partial charge in [0, 0.05) is 31.8 Å². The summed E-state index contributed by atoms with van der Waals surface area (Å²) in [7, 11) is 0. The van der Waals surface area contributed by atoms with Crippen molar-refractivity contribution in [1.29, 1.82) is 0 Å².